The molecule has 1 aromatic heterocycles. The summed E-state index contributed by atoms with van der Waals surface area (Å²) in [6, 6.07) is 17.0. The van der Waals surface area contributed by atoms with Crippen molar-refractivity contribution in [1.82, 2.24) is 10.3 Å². The first-order chi connectivity index (χ1) is 12.7. The van der Waals surface area contributed by atoms with Gasteiger partial charge in [0.1, 0.15) is 6.04 Å². The molecule has 0 fully saturated rings. The van der Waals surface area contributed by atoms with E-state index in [9.17, 15) is 4.79 Å². The largest absolute Gasteiger partial charge is 0.302 e. The summed E-state index contributed by atoms with van der Waals surface area (Å²) >= 11 is 7.68. The van der Waals surface area contributed by atoms with Crippen LogP contribution >= 0.6 is 22.9 Å². The van der Waals surface area contributed by atoms with E-state index in [1.54, 1.807) is 6.20 Å². The average molecular weight is 386 g/mol. The number of carbonyl (C=O) groups excluding carboxylic acids is 1. The summed E-state index contributed by atoms with van der Waals surface area (Å²) in [4.78, 5) is 18.1. The van der Waals surface area contributed by atoms with Crippen LogP contribution in [0, 0.1) is 0 Å². The molecule has 134 valence electrons. The molecular weight excluding hydrogens is 366 g/mol. The molecule has 0 aliphatic carbocycles. The number of thiazole rings is 1. The van der Waals surface area contributed by atoms with Crippen LogP contribution in [0.1, 0.15) is 29.0 Å². The van der Waals surface area contributed by atoms with Crippen molar-refractivity contribution >= 4 is 34.0 Å². The zero-order chi connectivity index (χ0) is 18.4. The normalized spacial score (nSPS) is 11.9. The van der Waals surface area contributed by atoms with Gasteiger partial charge >= 0.3 is 0 Å². The van der Waals surface area contributed by atoms with Crippen LogP contribution in [0.25, 0.3) is 0 Å². The van der Waals surface area contributed by atoms with Gasteiger partial charge in [0.15, 0.2) is 5.13 Å². The Morgan fingerprint density at radius 1 is 1.15 bits per heavy atom. The second kappa shape index (κ2) is 8.94. The van der Waals surface area contributed by atoms with Crippen molar-refractivity contribution in [2.75, 3.05) is 11.9 Å². The van der Waals surface area contributed by atoms with E-state index in [1.807, 2.05) is 61.5 Å². The smallest absolute Gasteiger partial charge is 0.247 e. The summed E-state index contributed by atoms with van der Waals surface area (Å²) in [6.45, 7) is 2.68. The Bertz CT molecular complexity index is 866. The zero-order valence-electron chi connectivity index (χ0n) is 14.4. The molecule has 6 heteroatoms. The van der Waals surface area contributed by atoms with Crippen LogP contribution in [-0.4, -0.2) is 17.4 Å². The Morgan fingerprint density at radius 2 is 1.88 bits per heavy atom. The lowest BCUT2D eigenvalue weighted by Gasteiger charge is -2.17. The van der Waals surface area contributed by atoms with Crippen molar-refractivity contribution in [2.45, 2.75) is 19.4 Å². The van der Waals surface area contributed by atoms with Gasteiger partial charge in [0.05, 0.1) is 0 Å². The molecule has 0 spiro atoms. The van der Waals surface area contributed by atoms with Gasteiger partial charge in [0.25, 0.3) is 0 Å². The number of hydrogen-bond donors (Lipinski definition) is 2. The molecule has 1 atom stereocenters. The maximum Gasteiger partial charge on any atom is 0.247 e. The highest BCUT2D eigenvalue weighted by Gasteiger charge is 2.20. The summed E-state index contributed by atoms with van der Waals surface area (Å²) < 4.78 is 0. The lowest BCUT2D eigenvalue weighted by molar-refractivity contribution is -0.118. The molecule has 1 amide bonds. The lowest BCUT2D eigenvalue weighted by atomic mass is 10.1. The summed E-state index contributed by atoms with van der Waals surface area (Å²) in [7, 11) is 0. The fourth-order valence-electron chi connectivity index (χ4n) is 2.67. The molecule has 3 rings (SSSR count). The molecule has 0 bridgehead atoms. The van der Waals surface area contributed by atoms with Crippen LogP contribution in [0.2, 0.25) is 5.02 Å². The van der Waals surface area contributed by atoms with Gasteiger partial charge in [-0.2, -0.15) is 0 Å². The first-order valence-corrected chi connectivity index (χ1v) is 9.64. The number of hydrogen-bond acceptors (Lipinski definition) is 4. The highest BCUT2D eigenvalue weighted by molar-refractivity contribution is 7.15. The van der Waals surface area contributed by atoms with E-state index in [1.165, 1.54) is 11.3 Å². The van der Waals surface area contributed by atoms with Crippen LogP contribution < -0.4 is 10.6 Å². The minimum atomic E-state index is -0.405. The summed E-state index contributed by atoms with van der Waals surface area (Å²) in [6.07, 6.45) is 2.48. The van der Waals surface area contributed by atoms with Gasteiger partial charge in [-0.25, -0.2) is 4.98 Å². The number of anilines is 1. The number of rotatable bonds is 7. The van der Waals surface area contributed by atoms with Crippen molar-refractivity contribution in [3.05, 3.63) is 81.8 Å². The standard InChI is InChI=1S/C20H20ClN3OS/c1-2-22-18(14-8-4-3-5-9-14)19(25)24-20-23-13-16(26-20)12-15-10-6-7-11-17(15)21/h3-11,13,18,22H,2,12H2,1H3,(H,23,24,25). The van der Waals surface area contributed by atoms with E-state index in [-0.39, 0.29) is 5.91 Å². The van der Waals surface area contributed by atoms with Crippen molar-refractivity contribution in [3.63, 3.8) is 0 Å². The summed E-state index contributed by atoms with van der Waals surface area (Å²) in [5, 5.41) is 7.47. The molecule has 0 saturated carbocycles. The molecular formula is C20H20ClN3OS. The van der Waals surface area contributed by atoms with Crippen molar-refractivity contribution < 1.29 is 4.79 Å². The summed E-state index contributed by atoms with van der Waals surface area (Å²) in [5.41, 5.74) is 1.98. The van der Waals surface area contributed by atoms with Gasteiger partial charge in [0.2, 0.25) is 5.91 Å². The van der Waals surface area contributed by atoms with Gasteiger partial charge in [0, 0.05) is 22.5 Å². The number of nitrogens with one attached hydrogen (secondary N) is 2. The van der Waals surface area contributed by atoms with E-state index in [2.05, 4.69) is 15.6 Å². The fraction of sp³-hybridized carbons (Fsp3) is 0.200. The second-order valence-electron chi connectivity index (χ2n) is 5.79. The van der Waals surface area contributed by atoms with Crippen LogP contribution in [-0.2, 0) is 11.2 Å². The number of likely N-dealkylation sites (N-methyl/N-ethyl adjacent to an activating group) is 1. The van der Waals surface area contributed by atoms with E-state index in [4.69, 9.17) is 11.6 Å². The van der Waals surface area contributed by atoms with E-state index in [0.717, 1.165) is 21.0 Å². The van der Waals surface area contributed by atoms with Gasteiger partial charge < -0.3 is 10.6 Å². The average Bonchev–Trinajstić information content (AvgIpc) is 3.09. The van der Waals surface area contributed by atoms with Crippen LogP contribution in [0.5, 0.6) is 0 Å². The maximum atomic E-state index is 12.7. The monoisotopic (exact) mass is 385 g/mol. The minimum Gasteiger partial charge on any atom is -0.302 e. The molecule has 26 heavy (non-hydrogen) atoms. The topological polar surface area (TPSA) is 54.0 Å². The molecule has 0 aliphatic heterocycles. The summed E-state index contributed by atoms with van der Waals surface area (Å²) in [5.74, 6) is -0.114. The number of halogens is 1. The van der Waals surface area contributed by atoms with Crippen molar-refractivity contribution in [3.8, 4) is 0 Å². The highest BCUT2D eigenvalue weighted by atomic mass is 35.5. The van der Waals surface area contributed by atoms with Gasteiger partial charge in [-0.3, -0.25) is 4.79 Å². The molecule has 1 unspecified atom stereocenters. The number of nitrogens with zero attached hydrogens (tertiary/aromatic N) is 1. The van der Waals surface area contributed by atoms with E-state index >= 15 is 0 Å². The molecule has 1 heterocycles. The molecule has 2 aromatic carbocycles. The molecule has 0 radical (unpaired) electrons. The number of aromatic nitrogens is 1. The third kappa shape index (κ3) is 4.69. The minimum absolute atomic E-state index is 0.114. The molecule has 3 aromatic rings. The van der Waals surface area contributed by atoms with Crippen molar-refractivity contribution in [1.29, 1.82) is 0 Å². The quantitative estimate of drug-likeness (QED) is 0.621. The Labute approximate surface area is 162 Å². The third-order valence-corrected chi connectivity index (χ3v) is 5.19. The molecule has 0 saturated heterocycles. The Balaban J connectivity index is 1.69. The zero-order valence-corrected chi connectivity index (χ0v) is 16.0. The number of carbonyl (C=O) groups is 1. The first kappa shape index (κ1) is 18.6. The highest BCUT2D eigenvalue weighted by Crippen LogP contribution is 2.25. The van der Waals surface area contributed by atoms with E-state index < -0.39 is 6.04 Å². The predicted octanol–water partition coefficient (Wildman–Crippen LogP) is 4.68. The Hall–Kier alpha value is -2.21. The SMILES string of the molecule is CCNC(C(=O)Nc1ncc(Cc2ccccc2Cl)s1)c1ccccc1. The van der Waals surface area contributed by atoms with Crippen LogP contribution in [0.3, 0.4) is 0 Å². The second-order valence-corrected chi connectivity index (χ2v) is 7.31. The van der Waals surface area contributed by atoms with E-state index in [0.29, 0.717) is 18.1 Å². The van der Waals surface area contributed by atoms with Crippen LogP contribution in [0.4, 0.5) is 5.13 Å². The van der Waals surface area contributed by atoms with Gasteiger partial charge in [-0.05, 0) is 23.7 Å². The molecule has 0 aliphatic rings. The van der Waals surface area contributed by atoms with Gasteiger partial charge in [-0.15, -0.1) is 11.3 Å². The Morgan fingerprint density at radius 3 is 2.62 bits per heavy atom. The van der Waals surface area contributed by atoms with Crippen molar-refractivity contribution in [2.24, 2.45) is 0 Å². The lowest BCUT2D eigenvalue weighted by Crippen LogP contribution is -2.32. The fourth-order valence-corrected chi connectivity index (χ4v) is 3.71. The predicted molar refractivity (Wildman–Crippen MR) is 108 cm³/mol. The maximum absolute atomic E-state index is 12.7. The first-order valence-electron chi connectivity index (χ1n) is 8.44. The van der Waals surface area contributed by atoms with Crippen LogP contribution in [0.15, 0.2) is 60.8 Å². The number of amides is 1. The number of benzene rings is 2. The van der Waals surface area contributed by atoms with Gasteiger partial charge in [-0.1, -0.05) is 67.1 Å². The Kier molecular flexibility index (Phi) is 6.39. The molecule has 2 N–H and O–H groups in total. The molecule has 4 nitrogen and oxygen atoms in total. The third-order valence-electron chi connectivity index (χ3n) is 3.91.